The average molecular weight is 262 g/mol. The lowest BCUT2D eigenvalue weighted by molar-refractivity contribution is 0.452. The third kappa shape index (κ3) is 2.18. The third-order valence-corrected chi connectivity index (χ3v) is 4.62. The van der Waals surface area contributed by atoms with Gasteiger partial charge in [0.1, 0.15) is 11.6 Å². The first kappa shape index (κ1) is 12.4. The molecule has 1 atom stereocenters. The van der Waals surface area contributed by atoms with E-state index in [1.54, 1.807) is 0 Å². The Morgan fingerprint density at radius 3 is 2.35 bits per heavy atom. The highest BCUT2D eigenvalue weighted by molar-refractivity contribution is 7.89. The van der Waals surface area contributed by atoms with Crippen LogP contribution < -0.4 is 5.73 Å². The molecule has 94 valence electrons. The summed E-state index contributed by atoms with van der Waals surface area (Å²) in [6, 6.07) is 2.69. The first-order valence-corrected chi connectivity index (χ1v) is 6.56. The second-order valence-electron chi connectivity index (χ2n) is 3.96. The number of hydrogen-bond donors (Lipinski definition) is 1. The van der Waals surface area contributed by atoms with Gasteiger partial charge in [-0.1, -0.05) is 6.07 Å². The minimum absolute atomic E-state index is 0.0934. The van der Waals surface area contributed by atoms with Gasteiger partial charge in [0, 0.05) is 19.1 Å². The number of nitrogens with two attached hydrogens (primary N) is 1. The predicted molar refractivity (Wildman–Crippen MR) is 57.7 cm³/mol. The predicted octanol–water partition coefficient (Wildman–Crippen LogP) is 0.686. The molecule has 0 unspecified atom stereocenters. The molecule has 0 aliphatic carbocycles. The van der Waals surface area contributed by atoms with Gasteiger partial charge in [0.15, 0.2) is 4.90 Å². The lowest BCUT2D eigenvalue weighted by atomic mass is 10.3. The zero-order valence-corrected chi connectivity index (χ0v) is 9.75. The van der Waals surface area contributed by atoms with E-state index in [1.807, 2.05) is 0 Å². The van der Waals surface area contributed by atoms with Crippen molar-refractivity contribution in [2.24, 2.45) is 5.73 Å². The van der Waals surface area contributed by atoms with Crippen molar-refractivity contribution >= 4 is 10.0 Å². The Hall–Kier alpha value is -1.05. The normalized spacial score (nSPS) is 21.9. The van der Waals surface area contributed by atoms with Crippen LogP contribution in [0.5, 0.6) is 0 Å². The summed E-state index contributed by atoms with van der Waals surface area (Å²) in [5.74, 6) is -2.16. The summed E-state index contributed by atoms with van der Waals surface area (Å²) < 4.78 is 51.9. The summed E-state index contributed by atoms with van der Waals surface area (Å²) in [5.41, 5.74) is 5.58. The summed E-state index contributed by atoms with van der Waals surface area (Å²) in [7, 11) is -4.13. The molecular formula is C10H12F2N2O2S. The van der Waals surface area contributed by atoms with Crippen molar-refractivity contribution in [3.63, 3.8) is 0 Å². The van der Waals surface area contributed by atoms with Crippen LogP contribution in [0, 0.1) is 11.6 Å². The minimum atomic E-state index is -4.13. The molecule has 1 heterocycles. The molecule has 0 radical (unpaired) electrons. The van der Waals surface area contributed by atoms with E-state index in [9.17, 15) is 17.2 Å². The second kappa shape index (κ2) is 4.32. The molecule has 1 aliphatic rings. The quantitative estimate of drug-likeness (QED) is 0.852. The van der Waals surface area contributed by atoms with Crippen molar-refractivity contribution in [2.45, 2.75) is 17.4 Å². The van der Waals surface area contributed by atoms with Crippen LogP contribution in [-0.4, -0.2) is 31.9 Å². The number of halogens is 2. The van der Waals surface area contributed by atoms with Crippen LogP contribution in [0.25, 0.3) is 0 Å². The van der Waals surface area contributed by atoms with Crippen LogP contribution in [0.1, 0.15) is 6.42 Å². The molecule has 1 aliphatic heterocycles. The fourth-order valence-electron chi connectivity index (χ4n) is 1.83. The van der Waals surface area contributed by atoms with Crippen molar-refractivity contribution < 1.29 is 17.2 Å². The molecule has 17 heavy (non-hydrogen) atoms. The summed E-state index contributed by atoms with van der Waals surface area (Å²) in [6.45, 7) is 0.285. The van der Waals surface area contributed by atoms with Crippen molar-refractivity contribution in [3.05, 3.63) is 29.8 Å². The first-order chi connectivity index (χ1) is 7.93. The fourth-order valence-corrected chi connectivity index (χ4v) is 3.45. The average Bonchev–Trinajstić information content (AvgIpc) is 2.64. The number of nitrogens with zero attached hydrogens (tertiary/aromatic N) is 1. The Bertz CT molecular complexity index is 513. The lowest BCUT2D eigenvalue weighted by Gasteiger charge is -2.16. The van der Waals surface area contributed by atoms with Gasteiger partial charge in [-0.3, -0.25) is 0 Å². The van der Waals surface area contributed by atoms with E-state index in [-0.39, 0.29) is 19.1 Å². The maximum Gasteiger partial charge on any atom is 0.248 e. The fraction of sp³-hybridized carbons (Fsp3) is 0.400. The SMILES string of the molecule is N[C@@H]1CCN(S(=O)(=O)c2c(F)cccc2F)C1. The third-order valence-electron chi connectivity index (χ3n) is 2.70. The Labute approximate surface area is 98.1 Å². The van der Waals surface area contributed by atoms with E-state index in [2.05, 4.69) is 0 Å². The molecule has 0 aromatic heterocycles. The molecular weight excluding hydrogens is 250 g/mol. The van der Waals surface area contributed by atoms with E-state index >= 15 is 0 Å². The van der Waals surface area contributed by atoms with Crippen LogP contribution in [0.2, 0.25) is 0 Å². The van der Waals surface area contributed by atoms with Gasteiger partial charge in [0.25, 0.3) is 0 Å². The van der Waals surface area contributed by atoms with Crippen LogP contribution in [-0.2, 0) is 10.0 Å². The van der Waals surface area contributed by atoms with Crippen LogP contribution in [0.4, 0.5) is 8.78 Å². The highest BCUT2D eigenvalue weighted by Gasteiger charge is 2.34. The smallest absolute Gasteiger partial charge is 0.248 e. The highest BCUT2D eigenvalue weighted by atomic mass is 32.2. The van der Waals surface area contributed by atoms with Gasteiger partial charge in [0.2, 0.25) is 10.0 Å². The van der Waals surface area contributed by atoms with E-state index in [1.165, 1.54) is 0 Å². The Morgan fingerprint density at radius 1 is 1.29 bits per heavy atom. The van der Waals surface area contributed by atoms with Gasteiger partial charge in [-0.15, -0.1) is 0 Å². The van der Waals surface area contributed by atoms with E-state index < -0.39 is 26.6 Å². The molecule has 1 fully saturated rings. The van der Waals surface area contributed by atoms with Gasteiger partial charge in [0.05, 0.1) is 0 Å². The van der Waals surface area contributed by atoms with Crippen molar-refractivity contribution in [2.75, 3.05) is 13.1 Å². The largest absolute Gasteiger partial charge is 0.326 e. The zero-order chi connectivity index (χ0) is 12.6. The number of hydrogen-bond acceptors (Lipinski definition) is 3. The molecule has 7 heteroatoms. The molecule has 2 N–H and O–H groups in total. The first-order valence-electron chi connectivity index (χ1n) is 5.12. The maximum atomic E-state index is 13.4. The Kier molecular flexibility index (Phi) is 3.15. The number of benzene rings is 1. The van der Waals surface area contributed by atoms with Gasteiger partial charge in [-0.05, 0) is 18.6 Å². The van der Waals surface area contributed by atoms with Crippen LogP contribution >= 0.6 is 0 Å². The molecule has 2 rings (SSSR count). The zero-order valence-electron chi connectivity index (χ0n) is 8.94. The number of rotatable bonds is 2. The van der Waals surface area contributed by atoms with Gasteiger partial charge < -0.3 is 5.73 Å². The molecule has 1 saturated heterocycles. The van der Waals surface area contributed by atoms with E-state index in [4.69, 9.17) is 5.73 Å². The summed E-state index contributed by atoms with van der Waals surface area (Å²) in [4.78, 5) is -0.894. The second-order valence-corrected chi connectivity index (χ2v) is 5.84. The monoisotopic (exact) mass is 262 g/mol. The highest BCUT2D eigenvalue weighted by Crippen LogP contribution is 2.25. The molecule has 4 nitrogen and oxygen atoms in total. The topological polar surface area (TPSA) is 63.4 Å². The van der Waals surface area contributed by atoms with Gasteiger partial charge >= 0.3 is 0 Å². The van der Waals surface area contributed by atoms with E-state index in [0.29, 0.717) is 6.42 Å². The molecule has 0 saturated carbocycles. The number of sulfonamides is 1. The van der Waals surface area contributed by atoms with Crippen LogP contribution in [0.3, 0.4) is 0 Å². The van der Waals surface area contributed by atoms with Crippen molar-refractivity contribution in [3.8, 4) is 0 Å². The van der Waals surface area contributed by atoms with Gasteiger partial charge in [-0.2, -0.15) is 4.31 Å². The van der Waals surface area contributed by atoms with Crippen molar-refractivity contribution in [1.82, 2.24) is 4.31 Å². The van der Waals surface area contributed by atoms with Gasteiger partial charge in [-0.25, -0.2) is 17.2 Å². The van der Waals surface area contributed by atoms with E-state index in [0.717, 1.165) is 22.5 Å². The minimum Gasteiger partial charge on any atom is -0.326 e. The molecule has 0 amide bonds. The molecule has 1 aromatic rings. The molecule has 0 spiro atoms. The molecule has 1 aromatic carbocycles. The standard InChI is InChI=1S/C10H12F2N2O2S/c11-8-2-1-3-9(12)10(8)17(15,16)14-5-4-7(13)6-14/h1-3,7H,4-6,13H2/t7-/m1/s1. The lowest BCUT2D eigenvalue weighted by Crippen LogP contribution is -2.33. The summed E-state index contributed by atoms with van der Waals surface area (Å²) in [6.07, 6.45) is 0.495. The Morgan fingerprint density at radius 2 is 1.88 bits per heavy atom. The Balaban J connectivity index is 2.45. The molecule has 0 bridgehead atoms. The maximum absolute atomic E-state index is 13.4. The summed E-state index contributed by atoms with van der Waals surface area (Å²) in [5, 5.41) is 0. The van der Waals surface area contributed by atoms with Crippen LogP contribution in [0.15, 0.2) is 23.1 Å². The van der Waals surface area contributed by atoms with Crippen molar-refractivity contribution in [1.29, 1.82) is 0 Å². The summed E-state index contributed by atoms with van der Waals surface area (Å²) >= 11 is 0.